The average molecular weight is 362 g/mol. The quantitative estimate of drug-likeness (QED) is 0.638. The fourth-order valence-electron chi connectivity index (χ4n) is 2.59. The van der Waals surface area contributed by atoms with E-state index in [1.165, 1.54) is 0 Å². The smallest absolute Gasteiger partial charge is 0.307 e. The molecule has 0 saturated heterocycles. The summed E-state index contributed by atoms with van der Waals surface area (Å²) in [6.45, 7) is 3.89. The lowest BCUT2D eigenvalue weighted by molar-refractivity contribution is 0.414. The third kappa shape index (κ3) is 4.04. The Labute approximate surface area is 155 Å². The lowest BCUT2D eigenvalue weighted by Gasteiger charge is -2.13. The van der Waals surface area contributed by atoms with Crippen LogP contribution in [0.1, 0.15) is 16.7 Å². The third-order valence-corrected chi connectivity index (χ3v) is 3.95. The lowest BCUT2D eigenvalue weighted by atomic mass is 10.1. The van der Waals surface area contributed by atoms with Crippen molar-refractivity contribution >= 4 is 23.1 Å². The summed E-state index contributed by atoms with van der Waals surface area (Å²) in [6, 6.07) is 12.5. The van der Waals surface area contributed by atoms with Crippen molar-refractivity contribution in [2.45, 2.75) is 13.8 Å². The number of hydrogen-bond acceptors (Lipinski definition) is 7. The highest BCUT2D eigenvalue weighted by molar-refractivity contribution is 5.65. The van der Waals surface area contributed by atoms with Gasteiger partial charge in [0.2, 0.25) is 11.8 Å². The van der Waals surface area contributed by atoms with Gasteiger partial charge < -0.3 is 15.4 Å². The highest BCUT2D eigenvalue weighted by Crippen LogP contribution is 2.28. The molecule has 3 N–H and O–H groups in total. The topological polar surface area (TPSA) is 116 Å². The zero-order valence-corrected chi connectivity index (χ0v) is 15.1. The molecule has 3 rings (SSSR count). The van der Waals surface area contributed by atoms with Gasteiger partial charge in [0.05, 0.1) is 18.7 Å². The number of nitrogens with one attached hydrogen (secondary N) is 3. The molecule has 27 heavy (non-hydrogen) atoms. The molecule has 0 fully saturated rings. The molecule has 0 radical (unpaired) electrons. The van der Waals surface area contributed by atoms with Crippen molar-refractivity contribution in [3.8, 4) is 11.8 Å². The Hall–Kier alpha value is -3.86. The van der Waals surface area contributed by atoms with Gasteiger partial charge in [-0.25, -0.2) is 5.10 Å². The molecule has 0 atom stereocenters. The number of ether oxygens (including phenoxy) is 1. The molecule has 136 valence electrons. The van der Waals surface area contributed by atoms with Crippen molar-refractivity contribution in [2.24, 2.45) is 0 Å². The summed E-state index contributed by atoms with van der Waals surface area (Å²) in [7, 11) is 1.62. The monoisotopic (exact) mass is 362 g/mol. The summed E-state index contributed by atoms with van der Waals surface area (Å²) in [6.07, 6.45) is 0. The molecule has 8 nitrogen and oxygen atoms in total. The second kappa shape index (κ2) is 7.58. The highest BCUT2D eigenvalue weighted by Gasteiger charge is 2.10. The summed E-state index contributed by atoms with van der Waals surface area (Å²) in [5.74, 6) is 1.12. The first kappa shape index (κ1) is 17.9. The maximum absolute atomic E-state index is 12.0. The van der Waals surface area contributed by atoms with Crippen LogP contribution in [0.3, 0.4) is 0 Å². The van der Waals surface area contributed by atoms with Crippen LogP contribution in [0.2, 0.25) is 0 Å². The molecule has 8 heteroatoms. The molecule has 0 unspecified atom stereocenters. The number of nitrogens with zero attached hydrogens (tertiary/aromatic N) is 3. The largest absolute Gasteiger partial charge is 0.497 e. The average Bonchev–Trinajstić information content (AvgIpc) is 2.67. The number of nitriles is 1. The Morgan fingerprint density at radius 2 is 1.78 bits per heavy atom. The van der Waals surface area contributed by atoms with E-state index in [0.29, 0.717) is 11.3 Å². The highest BCUT2D eigenvalue weighted by atomic mass is 16.5. The normalized spacial score (nSPS) is 10.1. The van der Waals surface area contributed by atoms with Crippen LogP contribution in [0.15, 0.2) is 41.2 Å². The van der Waals surface area contributed by atoms with Gasteiger partial charge in [-0.3, -0.25) is 4.79 Å². The summed E-state index contributed by atoms with van der Waals surface area (Å²) >= 11 is 0. The Morgan fingerprint density at radius 3 is 2.37 bits per heavy atom. The van der Waals surface area contributed by atoms with Gasteiger partial charge in [0.25, 0.3) is 0 Å². The van der Waals surface area contributed by atoms with Gasteiger partial charge in [-0.1, -0.05) is 0 Å². The Bertz CT molecular complexity index is 1040. The predicted molar refractivity (Wildman–Crippen MR) is 103 cm³/mol. The maximum Gasteiger partial charge on any atom is 0.307 e. The third-order valence-electron chi connectivity index (χ3n) is 3.95. The van der Waals surface area contributed by atoms with E-state index in [1.54, 1.807) is 31.4 Å². The zero-order chi connectivity index (χ0) is 19.4. The van der Waals surface area contributed by atoms with Crippen LogP contribution in [0.25, 0.3) is 0 Å². The number of aromatic nitrogens is 3. The van der Waals surface area contributed by atoms with E-state index in [2.05, 4.69) is 25.8 Å². The molecule has 0 aliphatic heterocycles. The van der Waals surface area contributed by atoms with E-state index >= 15 is 0 Å². The number of rotatable bonds is 5. The summed E-state index contributed by atoms with van der Waals surface area (Å²) in [5, 5.41) is 21.3. The summed E-state index contributed by atoms with van der Waals surface area (Å²) in [4.78, 5) is 16.3. The zero-order valence-electron chi connectivity index (χ0n) is 15.1. The summed E-state index contributed by atoms with van der Waals surface area (Å²) < 4.78 is 5.26. The van der Waals surface area contributed by atoms with Gasteiger partial charge in [-0.05, 0) is 61.4 Å². The molecule has 1 aromatic heterocycles. The first-order chi connectivity index (χ1) is 13.0. The van der Waals surface area contributed by atoms with E-state index in [9.17, 15) is 4.79 Å². The Kier molecular flexibility index (Phi) is 5.04. The van der Waals surface area contributed by atoms with Crippen LogP contribution < -0.4 is 20.9 Å². The molecule has 0 saturated carbocycles. The number of aromatic amines is 1. The van der Waals surface area contributed by atoms with Crippen molar-refractivity contribution in [1.29, 1.82) is 5.26 Å². The van der Waals surface area contributed by atoms with Crippen molar-refractivity contribution in [1.82, 2.24) is 15.2 Å². The molecule has 0 aliphatic rings. The molecule has 0 spiro atoms. The minimum Gasteiger partial charge on any atom is -0.497 e. The van der Waals surface area contributed by atoms with E-state index in [1.807, 2.05) is 32.0 Å². The number of hydrogen-bond donors (Lipinski definition) is 3. The fourth-order valence-corrected chi connectivity index (χ4v) is 2.59. The van der Waals surface area contributed by atoms with Gasteiger partial charge in [-0.2, -0.15) is 10.2 Å². The lowest BCUT2D eigenvalue weighted by Crippen LogP contribution is -2.17. The molecule has 0 bridgehead atoms. The number of H-pyrrole nitrogens is 1. The van der Waals surface area contributed by atoms with Crippen LogP contribution in [0.4, 0.5) is 23.1 Å². The van der Waals surface area contributed by atoms with Crippen molar-refractivity contribution in [3.63, 3.8) is 0 Å². The minimum absolute atomic E-state index is 0.0982. The maximum atomic E-state index is 12.0. The van der Waals surface area contributed by atoms with E-state index in [0.717, 1.165) is 22.6 Å². The molecule has 3 aromatic rings. The van der Waals surface area contributed by atoms with E-state index in [-0.39, 0.29) is 11.8 Å². The first-order valence-electron chi connectivity index (χ1n) is 8.16. The van der Waals surface area contributed by atoms with Crippen molar-refractivity contribution in [3.05, 3.63) is 63.4 Å². The van der Waals surface area contributed by atoms with Crippen LogP contribution in [0.5, 0.6) is 5.75 Å². The van der Waals surface area contributed by atoms with Crippen molar-refractivity contribution < 1.29 is 4.74 Å². The fraction of sp³-hybridized carbons (Fsp3) is 0.158. The molecular formula is C19H18N6O2. The molecule has 2 aromatic carbocycles. The van der Waals surface area contributed by atoms with Gasteiger partial charge in [0.1, 0.15) is 5.75 Å². The van der Waals surface area contributed by atoms with E-state index in [4.69, 9.17) is 10.00 Å². The second-order valence-corrected chi connectivity index (χ2v) is 5.91. The number of anilines is 4. The minimum atomic E-state index is -0.451. The molecular weight excluding hydrogens is 344 g/mol. The number of methoxy groups -OCH3 is 1. The van der Waals surface area contributed by atoms with Gasteiger partial charge in [0.15, 0.2) is 0 Å². The predicted octanol–water partition coefficient (Wildman–Crippen LogP) is 3.15. The van der Waals surface area contributed by atoms with Gasteiger partial charge in [-0.15, -0.1) is 5.10 Å². The molecule has 1 heterocycles. The van der Waals surface area contributed by atoms with Crippen LogP contribution in [-0.2, 0) is 0 Å². The first-order valence-corrected chi connectivity index (χ1v) is 8.16. The SMILES string of the molecule is COc1cc(C)c(Nc2n[nH]c(=O)c(Nc3ccc(C#N)cc3)n2)c(C)c1. The van der Waals surface area contributed by atoms with Gasteiger partial charge in [0, 0.05) is 11.4 Å². The molecule has 0 aliphatic carbocycles. The summed E-state index contributed by atoms with van der Waals surface area (Å²) in [5.41, 5.74) is 3.48. The standard InChI is InChI=1S/C19H18N6O2/c1-11-8-15(27-3)9-12(2)16(11)22-19-23-17(18(26)24-25-19)21-14-6-4-13(10-20)5-7-14/h4-9H,1-3H3,(H,24,26)(H2,21,22,23,25). The van der Waals surface area contributed by atoms with Gasteiger partial charge >= 0.3 is 5.56 Å². The Morgan fingerprint density at radius 1 is 1.11 bits per heavy atom. The number of benzene rings is 2. The van der Waals surface area contributed by atoms with Crippen LogP contribution in [-0.4, -0.2) is 22.3 Å². The second-order valence-electron chi connectivity index (χ2n) is 5.91. The van der Waals surface area contributed by atoms with Crippen LogP contribution >= 0.6 is 0 Å². The molecule has 0 amide bonds. The number of aryl methyl sites for hydroxylation is 2. The Balaban J connectivity index is 1.87. The van der Waals surface area contributed by atoms with Crippen LogP contribution in [0, 0.1) is 25.2 Å². The van der Waals surface area contributed by atoms with Crippen molar-refractivity contribution in [2.75, 3.05) is 17.7 Å². The van der Waals surface area contributed by atoms with E-state index < -0.39 is 5.56 Å².